The average Bonchev–Trinajstić information content (AvgIpc) is 3.22. The number of nitrogens with two attached hydrogens (primary N) is 1. The first kappa shape index (κ1) is 16.4. The summed E-state index contributed by atoms with van der Waals surface area (Å²) in [4.78, 5) is 17.8. The Morgan fingerprint density at radius 2 is 2.12 bits per heavy atom. The maximum atomic E-state index is 6.33. The Morgan fingerprint density at radius 3 is 2.96 bits per heavy atom. The smallest absolute Gasteiger partial charge is 0.167 e. The van der Waals surface area contributed by atoms with Gasteiger partial charge in [0.05, 0.1) is 12.4 Å². The van der Waals surface area contributed by atoms with Gasteiger partial charge in [-0.3, -0.25) is 14.4 Å². The van der Waals surface area contributed by atoms with Crippen molar-refractivity contribution in [2.45, 2.75) is 50.0 Å². The molecule has 0 radical (unpaired) electrons. The molecule has 2 N–H and O–H groups in total. The second-order valence-corrected chi connectivity index (χ2v) is 8.15. The lowest BCUT2D eigenvalue weighted by atomic mass is 9.80. The number of rotatable bonds is 3. The summed E-state index contributed by atoms with van der Waals surface area (Å²) in [5.74, 6) is 0.422. The van der Waals surface area contributed by atoms with Gasteiger partial charge in [0, 0.05) is 25.2 Å². The predicted molar refractivity (Wildman–Crippen MR) is 98.5 cm³/mol. The third kappa shape index (κ3) is 2.59. The van der Waals surface area contributed by atoms with Crippen LogP contribution >= 0.6 is 0 Å². The molecule has 26 heavy (non-hydrogen) atoms. The topological polar surface area (TPSA) is 85.3 Å². The number of likely N-dealkylation sites (tertiary alicyclic amines) is 2. The maximum absolute atomic E-state index is 6.33. The van der Waals surface area contributed by atoms with Crippen LogP contribution in [0.5, 0.6) is 0 Å². The van der Waals surface area contributed by atoms with E-state index in [2.05, 4.69) is 31.8 Å². The maximum Gasteiger partial charge on any atom is 0.167 e. The van der Waals surface area contributed by atoms with Gasteiger partial charge in [0.15, 0.2) is 11.5 Å². The van der Waals surface area contributed by atoms with Crippen LogP contribution in [0.1, 0.15) is 38.3 Å². The molecule has 0 saturated carbocycles. The molecule has 2 atom stereocenters. The van der Waals surface area contributed by atoms with Gasteiger partial charge in [0.1, 0.15) is 18.1 Å². The van der Waals surface area contributed by atoms with E-state index in [-0.39, 0.29) is 12.3 Å². The van der Waals surface area contributed by atoms with Crippen LogP contribution in [0.3, 0.4) is 0 Å². The minimum absolute atomic E-state index is 0.00751. The van der Waals surface area contributed by atoms with Crippen LogP contribution < -0.4 is 5.73 Å². The van der Waals surface area contributed by atoms with E-state index in [9.17, 15) is 0 Å². The van der Waals surface area contributed by atoms with Crippen molar-refractivity contribution in [2.24, 2.45) is 0 Å². The number of nitrogen functional groups attached to an aromatic ring is 1. The van der Waals surface area contributed by atoms with Crippen LogP contribution in [0, 0.1) is 0 Å². The summed E-state index contributed by atoms with van der Waals surface area (Å²) in [7, 11) is 2.29. The predicted octanol–water partition coefficient (Wildman–Crippen LogP) is 1.26. The van der Waals surface area contributed by atoms with Crippen LogP contribution in [-0.2, 0) is 4.74 Å². The fourth-order valence-electron chi connectivity index (χ4n) is 4.94. The molecule has 3 saturated heterocycles. The van der Waals surface area contributed by atoms with Crippen LogP contribution in [0.4, 0.5) is 5.82 Å². The van der Waals surface area contributed by atoms with Crippen LogP contribution in [0.25, 0.3) is 11.2 Å². The van der Waals surface area contributed by atoms with Crippen molar-refractivity contribution in [1.29, 1.82) is 0 Å². The summed E-state index contributed by atoms with van der Waals surface area (Å²) < 4.78 is 8.33. The van der Waals surface area contributed by atoms with Gasteiger partial charge < -0.3 is 10.5 Å². The van der Waals surface area contributed by atoms with Crippen LogP contribution in [-0.4, -0.2) is 74.2 Å². The van der Waals surface area contributed by atoms with Gasteiger partial charge in [0.25, 0.3) is 0 Å². The van der Waals surface area contributed by atoms with E-state index in [1.807, 2.05) is 4.57 Å². The van der Waals surface area contributed by atoms with Crippen molar-refractivity contribution in [1.82, 2.24) is 29.3 Å². The molecule has 0 aromatic carbocycles. The number of piperidine rings is 1. The Morgan fingerprint density at radius 1 is 1.23 bits per heavy atom. The third-order valence-corrected chi connectivity index (χ3v) is 6.48. The first-order chi connectivity index (χ1) is 12.6. The first-order valence-electron chi connectivity index (χ1n) is 9.67. The highest BCUT2D eigenvalue weighted by atomic mass is 16.5. The molecule has 3 fully saturated rings. The van der Waals surface area contributed by atoms with E-state index in [0.717, 1.165) is 25.0 Å². The Kier molecular flexibility index (Phi) is 3.88. The zero-order valence-electron chi connectivity index (χ0n) is 15.3. The molecule has 2 unspecified atom stereocenters. The van der Waals surface area contributed by atoms with Gasteiger partial charge in [-0.05, 0) is 39.3 Å². The quantitative estimate of drug-likeness (QED) is 0.885. The van der Waals surface area contributed by atoms with Gasteiger partial charge in [-0.1, -0.05) is 6.42 Å². The number of nitrogens with zero attached hydrogens (tertiary/aromatic N) is 6. The van der Waals surface area contributed by atoms with Crippen molar-refractivity contribution in [3.8, 4) is 0 Å². The Bertz CT molecular complexity index is 800. The Balaban J connectivity index is 1.21. The van der Waals surface area contributed by atoms with Crippen molar-refractivity contribution in [3.63, 3.8) is 0 Å². The van der Waals surface area contributed by atoms with Gasteiger partial charge in [-0.25, -0.2) is 15.0 Å². The molecule has 0 aliphatic carbocycles. The molecule has 5 rings (SSSR count). The van der Waals surface area contributed by atoms with Gasteiger partial charge >= 0.3 is 0 Å². The number of hydrogen-bond acceptors (Lipinski definition) is 7. The largest absolute Gasteiger partial charge is 0.382 e. The monoisotopic (exact) mass is 357 g/mol. The zero-order chi connectivity index (χ0) is 17.7. The van der Waals surface area contributed by atoms with E-state index in [0.29, 0.717) is 16.9 Å². The van der Waals surface area contributed by atoms with E-state index >= 15 is 0 Å². The molecule has 0 bridgehead atoms. The number of ether oxygens (including phenoxy) is 1. The molecule has 2 aromatic heterocycles. The highest BCUT2D eigenvalue weighted by Gasteiger charge is 2.47. The van der Waals surface area contributed by atoms with E-state index in [1.54, 1.807) is 6.33 Å². The minimum Gasteiger partial charge on any atom is -0.382 e. The molecular weight excluding hydrogens is 330 g/mol. The van der Waals surface area contributed by atoms with Gasteiger partial charge in [-0.2, -0.15) is 0 Å². The Hall–Kier alpha value is -1.77. The number of imidazole rings is 1. The molecular formula is C18H27N7O. The van der Waals surface area contributed by atoms with E-state index in [4.69, 9.17) is 10.5 Å². The van der Waals surface area contributed by atoms with E-state index < -0.39 is 0 Å². The van der Waals surface area contributed by atoms with Gasteiger partial charge in [0.2, 0.25) is 0 Å². The summed E-state index contributed by atoms with van der Waals surface area (Å²) in [5, 5.41) is 0. The van der Waals surface area contributed by atoms with Crippen molar-refractivity contribution < 1.29 is 4.74 Å². The van der Waals surface area contributed by atoms with Gasteiger partial charge in [-0.15, -0.1) is 0 Å². The molecule has 2 aromatic rings. The molecule has 1 spiro atoms. The van der Waals surface area contributed by atoms with Crippen LogP contribution in [0.2, 0.25) is 0 Å². The highest BCUT2D eigenvalue weighted by molar-refractivity contribution is 5.81. The standard InChI is InChI=1S/C18H27N7O/c1-23-7-3-2-6-18(23)9-24(10-18)8-13-4-5-14(26-13)25-12-22-15-16(19)20-11-21-17(15)25/h11-14H,2-10H2,1H3,(H2,19,20,21). The lowest BCUT2D eigenvalue weighted by Crippen LogP contribution is -2.71. The zero-order valence-corrected chi connectivity index (χ0v) is 15.3. The summed E-state index contributed by atoms with van der Waals surface area (Å²) in [6.07, 6.45) is 9.66. The normalized spacial score (nSPS) is 29.4. The second-order valence-electron chi connectivity index (χ2n) is 8.15. The molecule has 5 heterocycles. The Labute approximate surface area is 153 Å². The summed E-state index contributed by atoms with van der Waals surface area (Å²) >= 11 is 0. The SMILES string of the molecule is CN1CCCCC12CN(CC1CCC(n3cnc4c(N)ncnc43)O1)C2. The summed E-state index contributed by atoms with van der Waals surface area (Å²) in [6.45, 7) is 4.64. The fraction of sp³-hybridized carbons (Fsp3) is 0.722. The highest BCUT2D eigenvalue weighted by Crippen LogP contribution is 2.37. The molecule has 3 aliphatic heterocycles. The molecule has 8 heteroatoms. The fourth-order valence-corrected chi connectivity index (χ4v) is 4.94. The average molecular weight is 357 g/mol. The molecule has 8 nitrogen and oxygen atoms in total. The first-order valence-corrected chi connectivity index (χ1v) is 9.67. The van der Waals surface area contributed by atoms with Crippen molar-refractivity contribution >= 4 is 17.0 Å². The van der Waals surface area contributed by atoms with Crippen molar-refractivity contribution in [2.75, 3.05) is 39.0 Å². The minimum atomic E-state index is -0.00751. The number of fused-ring (bicyclic) bond motifs is 1. The molecule has 0 amide bonds. The second kappa shape index (κ2) is 6.14. The number of likely N-dealkylation sites (N-methyl/N-ethyl adjacent to an activating group) is 1. The lowest BCUT2D eigenvalue weighted by Gasteiger charge is -2.57. The van der Waals surface area contributed by atoms with E-state index in [1.165, 1.54) is 45.2 Å². The van der Waals surface area contributed by atoms with Crippen molar-refractivity contribution in [3.05, 3.63) is 12.7 Å². The molecule has 140 valence electrons. The number of hydrogen-bond donors (Lipinski definition) is 1. The number of aromatic nitrogens is 4. The third-order valence-electron chi connectivity index (χ3n) is 6.48. The lowest BCUT2D eigenvalue weighted by molar-refractivity contribution is -0.0902. The number of anilines is 1. The summed E-state index contributed by atoms with van der Waals surface area (Å²) in [6, 6.07) is 0. The van der Waals surface area contributed by atoms with Crippen LogP contribution in [0.15, 0.2) is 12.7 Å². The summed E-state index contributed by atoms with van der Waals surface area (Å²) in [5.41, 5.74) is 7.74. The molecule has 3 aliphatic rings.